The van der Waals surface area contributed by atoms with Gasteiger partial charge in [-0.2, -0.15) is 0 Å². The Bertz CT molecular complexity index is 1380. The molecule has 212 valence electrons. The number of hydrogen-bond acceptors (Lipinski definition) is 5. The van der Waals surface area contributed by atoms with Crippen molar-refractivity contribution in [2.24, 2.45) is 0 Å². The van der Waals surface area contributed by atoms with E-state index < -0.39 is 12.2 Å². The van der Waals surface area contributed by atoms with Crippen molar-refractivity contribution in [3.05, 3.63) is 114 Å². The second-order valence-corrected chi connectivity index (χ2v) is 10.4. The van der Waals surface area contributed by atoms with Gasteiger partial charge in [-0.1, -0.05) is 78.9 Å². The van der Waals surface area contributed by atoms with Crippen molar-refractivity contribution in [3.8, 4) is 5.75 Å². The van der Waals surface area contributed by atoms with Gasteiger partial charge >= 0.3 is 6.03 Å². The number of benzene rings is 3. The average molecular weight is 554 g/mol. The molecule has 0 saturated carbocycles. The monoisotopic (exact) mass is 553 g/mol. The standard InChI is InChI=1S/C32H35N5O4/c1-3-18-34-22-30(39)36-28(19-24-14-16-27(38)17-15-24)31(40)35(23(2)26-12-8-5-9-13-26)21-29(36)37(34)32(41)33-20-25-10-6-4-7-11-25/h3-17,23,28-29,38H,1,18-22H2,2H3,(H,33,41)/t23-,28+,29-/m1/s1. The maximum atomic E-state index is 14.1. The highest BCUT2D eigenvalue weighted by Crippen LogP contribution is 2.33. The molecule has 3 aromatic rings. The van der Waals surface area contributed by atoms with Gasteiger partial charge in [-0.25, -0.2) is 14.8 Å². The molecule has 0 aromatic heterocycles. The summed E-state index contributed by atoms with van der Waals surface area (Å²) in [6.07, 6.45) is 1.19. The molecule has 41 heavy (non-hydrogen) atoms. The van der Waals surface area contributed by atoms with Gasteiger partial charge in [-0.3, -0.25) is 9.59 Å². The predicted octanol–water partition coefficient (Wildman–Crippen LogP) is 3.69. The molecular weight excluding hydrogens is 518 g/mol. The summed E-state index contributed by atoms with van der Waals surface area (Å²) in [7, 11) is 0. The van der Waals surface area contributed by atoms with Crippen LogP contribution in [0.4, 0.5) is 4.79 Å². The van der Waals surface area contributed by atoms with Crippen molar-refractivity contribution in [1.82, 2.24) is 25.1 Å². The number of nitrogens with zero attached hydrogens (tertiary/aromatic N) is 4. The van der Waals surface area contributed by atoms with Crippen LogP contribution in [0.25, 0.3) is 0 Å². The van der Waals surface area contributed by atoms with E-state index in [2.05, 4.69) is 11.9 Å². The number of piperazine rings is 1. The number of hydrazine groups is 1. The molecule has 2 saturated heterocycles. The van der Waals surface area contributed by atoms with E-state index in [0.29, 0.717) is 13.1 Å². The lowest BCUT2D eigenvalue weighted by Crippen LogP contribution is -2.76. The summed E-state index contributed by atoms with van der Waals surface area (Å²) < 4.78 is 0. The molecule has 2 aliphatic rings. The number of fused-ring (bicyclic) bond motifs is 1. The minimum atomic E-state index is -0.827. The van der Waals surface area contributed by atoms with Crippen LogP contribution in [0.5, 0.6) is 5.75 Å². The van der Waals surface area contributed by atoms with Crippen LogP contribution in [0.15, 0.2) is 97.6 Å². The number of aromatic hydroxyl groups is 1. The van der Waals surface area contributed by atoms with Crippen molar-refractivity contribution in [3.63, 3.8) is 0 Å². The van der Waals surface area contributed by atoms with Gasteiger partial charge in [0, 0.05) is 19.5 Å². The first kappa shape index (κ1) is 27.9. The zero-order valence-corrected chi connectivity index (χ0v) is 23.1. The highest BCUT2D eigenvalue weighted by molar-refractivity contribution is 5.92. The molecular formula is C32H35N5O4. The maximum Gasteiger partial charge on any atom is 0.334 e. The lowest BCUT2D eigenvalue weighted by molar-refractivity contribution is -0.191. The third-order valence-electron chi connectivity index (χ3n) is 7.73. The van der Waals surface area contributed by atoms with Crippen molar-refractivity contribution < 1.29 is 19.5 Å². The Kier molecular flexibility index (Phi) is 8.35. The van der Waals surface area contributed by atoms with Gasteiger partial charge in [0.2, 0.25) is 11.8 Å². The van der Waals surface area contributed by atoms with Crippen LogP contribution in [-0.4, -0.2) is 74.6 Å². The third kappa shape index (κ3) is 5.95. The van der Waals surface area contributed by atoms with E-state index in [4.69, 9.17) is 0 Å². The number of phenols is 1. The van der Waals surface area contributed by atoms with Crippen LogP contribution < -0.4 is 5.32 Å². The number of hydrogen-bond donors (Lipinski definition) is 2. The van der Waals surface area contributed by atoms with Gasteiger partial charge in [0.05, 0.1) is 19.1 Å². The van der Waals surface area contributed by atoms with E-state index in [-0.39, 0.29) is 49.1 Å². The lowest BCUT2D eigenvalue weighted by Gasteiger charge is -2.56. The highest BCUT2D eigenvalue weighted by atomic mass is 16.3. The van der Waals surface area contributed by atoms with Gasteiger partial charge in [0.1, 0.15) is 18.0 Å². The quantitative estimate of drug-likeness (QED) is 0.415. The summed E-state index contributed by atoms with van der Waals surface area (Å²) in [5.41, 5.74) is 2.71. The Labute approximate surface area is 240 Å². The van der Waals surface area contributed by atoms with E-state index in [0.717, 1.165) is 16.7 Å². The smallest absolute Gasteiger partial charge is 0.334 e. The van der Waals surface area contributed by atoms with Crippen LogP contribution in [0.3, 0.4) is 0 Å². The molecule has 3 aromatic carbocycles. The first-order chi connectivity index (χ1) is 19.9. The SMILES string of the molecule is C=CCN1CC(=O)N2[C@@H](CN([C@H](C)c3ccccc3)C(=O)[C@@H]2Cc2ccc(O)cc2)N1C(=O)NCc1ccccc1. The third-order valence-corrected chi connectivity index (χ3v) is 7.73. The van der Waals surface area contributed by atoms with Gasteiger partial charge < -0.3 is 20.2 Å². The molecule has 3 atom stereocenters. The summed E-state index contributed by atoms with van der Waals surface area (Å²) in [6, 6.07) is 24.5. The minimum Gasteiger partial charge on any atom is -0.508 e. The zero-order chi connectivity index (χ0) is 28.9. The van der Waals surface area contributed by atoms with E-state index in [1.807, 2.05) is 67.6 Å². The normalized spacial score (nSPS) is 20.0. The second kappa shape index (κ2) is 12.3. The predicted molar refractivity (Wildman–Crippen MR) is 155 cm³/mol. The number of urea groups is 1. The van der Waals surface area contributed by atoms with Crippen LogP contribution in [-0.2, 0) is 22.6 Å². The van der Waals surface area contributed by atoms with Crippen LogP contribution in [0.2, 0.25) is 0 Å². The number of phenolic OH excluding ortho intramolecular Hbond substituents is 1. The summed E-state index contributed by atoms with van der Waals surface area (Å²) in [6.45, 7) is 6.50. The molecule has 2 fully saturated rings. The number of rotatable bonds is 8. The maximum absolute atomic E-state index is 14.1. The first-order valence-corrected chi connectivity index (χ1v) is 13.8. The van der Waals surface area contributed by atoms with Crippen molar-refractivity contribution in [2.75, 3.05) is 19.6 Å². The van der Waals surface area contributed by atoms with E-state index in [1.54, 1.807) is 50.2 Å². The van der Waals surface area contributed by atoms with Gasteiger partial charge in [-0.05, 0) is 35.7 Å². The fourth-order valence-corrected chi connectivity index (χ4v) is 5.63. The number of carbonyl (C=O) groups is 3. The Balaban J connectivity index is 1.51. The number of carbonyl (C=O) groups excluding carboxylic acids is 3. The number of nitrogens with one attached hydrogen (secondary N) is 1. The molecule has 0 bridgehead atoms. The van der Waals surface area contributed by atoms with Gasteiger partial charge in [-0.15, -0.1) is 6.58 Å². The Morgan fingerprint density at radius 3 is 2.32 bits per heavy atom. The molecule has 9 heteroatoms. The van der Waals surface area contributed by atoms with Crippen LogP contribution in [0, 0.1) is 0 Å². The Morgan fingerprint density at radius 2 is 1.66 bits per heavy atom. The highest BCUT2D eigenvalue weighted by Gasteiger charge is 2.52. The molecule has 2 aliphatic heterocycles. The van der Waals surface area contributed by atoms with E-state index in [1.165, 1.54) is 0 Å². The van der Waals surface area contributed by atoms with E-state index >= 15 is 0 Å². The summed E-state index contributed by atoms with van der Waals surface area (Å²) in [4.78, 5) is 45.0. The van der Waals surface area contributed by atoms with Gasteiger partial charge in [0.25, 0.3) is 0 Å². The van der Waals surface area contributed by atoms with E-state index in [9.17, 15) is 19.5 Å². The number of amides is 4. The molecule has 0 unspecified atom stereocenters. The fourth-order valence-electron chi connectivity index (χ4n) is 5.63. The van der Waals surface area contributed by atoms with Gasteiger partial charge in [0.15, 0.2) is 0 Å². The molecule has 5 rings (SSSR count). The Hall–Kier alpha value is -4.63. The largest absolute Gasteiger partial charge is 0.508 e. The van der Waals surface area contributed by atoms with Crippen molar-refractivity contribution >= 4 is 17.8 Å². The molecule has 4 amide bonds. The van der Waals surface area contributed by atoms with Crippen molar-refractivity contribution in [2.45, 2.75) is 38.1 Å². The minimum absolute atomic E-state index is 0.0606. The molecule has 0 aliphatic carbocycles. The summed E-state index contributed by atoms with van der Waals surface area (Å²) in [5.74, 6) is -0.287. The van der Waals surface area contributed by atoms with Crippen molar-refractivity contribution in [1.29, 1.82) is 0 Å². The molecule has 0 spiro atoms. The van der Waals surface area contributed by atoms with Crippen LogP contribution >= 0.6 is 0 Å². The second-order valence-electron chi connectivity index (χ2n) is 10.4. The average Bonchev–Trinajstić information content (AvgIpc) is 2.99. The lowest BCUT2D eigenvalue weighted by atomic mass is 9.96. The molecule has 2 N–H and O–H groups in total. The Morgan fingerprint density at radius 1 is 1.00 bits per heavy atom. The molecule has 0 radical (unpaired) electrons. The molecule has 9 nitrogen and oxygen atoms in total. The molecule has 2 heterocycles. The summed E-state index contributed by atoms with van der Waals surface area (Å²) in [5, 5.41) is 16.1. The fraction of sp³-hybridized carbons (Fsp3) is 0.281. The first-order valence-electron chi connectivity index (χ1n) is 13.8. The van der Waals surface area contributed by atoms with Crippen LogP contribution in [0.1, 0.15) is 29.7 Å². The zero-order valence-electron chi connectivity index (χ0n) is 23.1. The topological polar surface area (TPSA) is 96.4 Å². The summed E-state index contributed by atoms with van der Waals surface area (Å²) >= 11 is 0.